The summed E-state index contributed by atoms with van der Waals surface area (Å²) in [5.74, 6) is 0.482. The summed E-state index contributed by atoms with van der Waals surface area (Å²) in [5, 5.41) is 16.5. The minimum absolute atomic E-state index is 0.0931. The van der Waals surface area contributed by atoms with Crippen molar-refractivity contribution in [1.82, 2.24) is 4.98 Å². The normalized spacial score (nSPS) is 10.4. The van der Waals surface area contributed by atoms with Crippen molar-refractivity contribution in [3.8, 4) is 11.5 Å². The second-order valence-corrected chi connectivity index (χ2v) is 7.28. The number of methoxy groups -OCH3 is 1. The monoisotopic (exact) mass is 413 g/mol. The largest absolute Gasteiger partial charge is 0.493 e. The summed E-state index contributed by atoms with van der Waals surface area (Å²) in [6.07, 6.45) is 0. The molecule has 1 aromatic heterocycles. The Morgan fingerprint density at radius 2 is 2.00 bits per heavy atom. The number of thiazole rings is 1. The third-order valence-corrected chi connectivity index (χ3v) is 4.97. The van der Waals surface area contributed by atoms with E-state index >= 15 is 0 Å². The Balaban J connectivity index is 1.76. The molecule has 29 heavy (non-hydrogen) atoms. The van der Waals surface area contributed by atoms with Crippen LogP contribution in [0, 0.1) is 24.0 Å². The smallest absolute Gasteiger partial charge is 0.271 e. The molecule has 8 nitrogen and oxygen atoms in total. The number of aryl methyl sites for hydroxylation is 2. The molecule has 0 fully saturated rings. The third-order valence-electron chi connectivity index (χ3n) is 4.15. The number of amides is 1. The van der Waals surface area contributed by atoms with Crippen molar-refractivity contribution in [2.75, 3.05) is 12.4 Å². The molecule has 0 radical (unpaired) electrons. The zero-order valence-corrected chi connectivity index (χ0v) is 16.9. The Hall–Kier alpha value is -3.46. The van der Waals surface area contributed by atoms with Gasteiger partial charge in [-0.15, -0.1) is 11.3 Å². The summed E-state index contributed by atoms with van der Waals surface area (Å²) in [6, 6.07) is 9.12. The number of rotatable bonds is 7. The maximum atomic E-state index is 12.6. The van der Waals surface area contributed by atoms with E-state index in [9.17, 15) is 14.9 Å². The van der Waals surface area contributed by atoms with Gasteiger partial charge in [-0.25, -0.2) is 4.98 Å². The molecule has 0 spiro atoms. The summed E-state index contributed by atoms with van der Waals surface area (Å²) in [5.41, 5.74) is 2.16. The lowest BCUT2D eigenvalue weighted by Crippen LogP contribution is -2.13. The summed E-state index contributed by atoms with van der Waals surface area (Å²) in [4.78, 5) is 27.4. The zero-order valence-electron chi connectivity index (χ0n) is 16.1. The molecule has 0 saturated heterocycles. The van der Waals surface area contributed by atoms with Gasteiger partial charge in [0.1, 0.15) is 6.61 Å². The van der Waals surface area contributed by atoms with Crippen molar-refractivity contribution in [3.63, 3.8) is 0 Å². The molecule has 3 rings (SSSR count). The van der Waals surface area contributed by atoms with Crippen molar-refractivity contribution in [3.05, 3.63) is 73.7 Å². The number of benzene rings is 2. The summed E-state index contributed by atoms with van der Waals surface area (Å²) in [6.45, 7) is 3.97. The molecular formula is C20H19N3O5S. The number of nitrogens with zero attached hydrogens (tertiary/aromatic N) is 2. The lowest BCUT2D eigenvalue weighted by Gasteiger charge is -2.12. The van der Waals surface area contributed by atoms with E-state index in [2.05, 4.69) is 10.3 Å². The maximum absolute atomic E-state index is 12.6. The lowest BCUT2D eigenvalue weighted by atomic mass is 10.1. The van der Waals surface area contributed by atoms with Crippen LogP contribution in [0.1, 0.15) is 26.6 Å². The molecule has 3 aromatic rings. The molecule has 0 unspecified atom stereocenters. The van der Waals surface area contributed by atoms with Crippen LogP contribution < -0.4 is 14.8 Å². The fourth-order valence-electron chi connectivity index (χ4n) is 2.61. The van der Waals surface area contributed by atoms with Crippen molar-refractivity contribution >= 4 is 28.6 Å². The van der Waals surface area contributed by atoms with E-state index in [-0.39, 0.29) is 5.69 Å². The Kier molecular flexibility index (Phi) is 6.08. The van der Waals surface area contributed by atoms with Crippen molar-refractivity contribution in [2.24, 2.45) is 0 Å². The van der Waals surface area contributed by atoms with Gasteiger partial charge < -0.3 is 14.8 Å². The highest BCUT2D eigenvalue weighted by Crippen LogP contribution is 2.30. The van der Waals surface area contributed by atoms with E-state index in [1.165, 1.54) is 19.2 Å². The molecule has 0 aliphatic rings. The van der Waals surface area contributed by atoms with Gasteiger partial charge in [0.25, 0.3) is 11.6 Å². The first-order chi connectivity index (χ1) is 13.9. The maximum Gasteiger partial charge on any atom is 0.271 e. The van der Waals surface area contributed by atoms with Gasteiger partial charge in [0.15, 0.2) is 11.5 Å². The minimum Gasteiger partial charge on any atom is -0.493 e. The van der Waals surface area contributed by atoms with Gasteiger partial charge in [-0.05, 0) is 37.6 Å². The van der Waals surface area contributed by atoms with E-state index in [1.54, 1.807) is 42.5 Å². The number of non-ortho nitro benzene ring substituents is 1. The van der Waals surface area contributed by atoms with Gasteiger partial charge >= 0.3 is 0 Å². The molecule has 0 aliphatic carbocycles. The van der Waals surface area contributed by atoms with Crippen LogP contribution in [0.2, 0.25) is 0 Å². The molecule has 0 saturated carbocycles. The van der Waals surface area contributed by atoms with Crippen molar-refractivity contribution in [2.45, 2.75) is 20.5 Å². The highest BCUT2D eigenvalue weighted by Gasteiger charge is 2.15. The summed E-state index contributed by atoms with van der Waals surface area (Å²) >= 11 is 1.54. The number of nitrogens with one attached hydrogen (secondary N) is 1. The van der Waals surface area contributed by atoms with Crippen LogP contribution in [-0.2, 0) is 6.61 Å². The van der Waals surface area contributed by atoms with Gasteiger partial charge in [-0.1, -0.05) is 6.07 Å². The molecular weight excluding hydrogens is 394 g/mol. The minimum atomic E-state index is -0.506. The zero-order chi connectivity index (χ0) is 21.0. The van der Waals surface area contributed by atoms with E-state index in [0.29, 0.717) is 29.4 Å². The van der Waals surface area contributed by atoms with Crippen LogP contribution >= 0.6 is 11.3 Å². The van der Waals surface area contributed by atoms with Crippen LogP contribution in [0.25, 0.3) is 0 Å². The van der Waals surface area contributed by atoms with E-state index in [0.717, 1.165) is 16.3 Å². The third kappa shape index (κ3) is 4.88. The van der Waals surface area contributed by atoms with Crippen LogP contribution in [0.4, 0.5) is 11.4 Å². The quantitative estimate of drug-likeness (QED) is 0.451. The number of anilines is 1. The molecule has 1 N–H and O–H groups in total. The van der Waals surface area contributed by atoms with Gasteiger partial charge in [0, 0.05) is 23.1 Å². The Bertz CT molecular complexity index is 1060. The SMILES string of the molecule is COc1cc(C(=O)Nc2cc([N+](=O)[O-])ccc2C)ccc1OCc1csc(C)n1. The predicted octanol–water partition coefficient (Wildman–Crippen LogP) is 4.51. The first-order valence-electron chi connectivity index (χ1n) is 8.65. The van der Waals surface area contributed by atoms with Crippen LogP contribution in [0.5, 0.6) is 11.5 Å². The highest BCUT2D eigenvalue weighted by atomic mass is 32.1. The Morgan fingerprint density at radius 1 is 1.21 bits per heavy atom. The first-order valence-corrected chi connectivity index (χ1v) is 9.53. The molecule has 1 amide bonds. The number of nitro groups is 1. The highest BCUT2D eigenvalue weighted by molar-refractivity contribution is 7.09. The van der Waals surface area contributed by atoms with Gasteiger partial charge in [0.05, 0.1) is 28.4 Å². The number of ether oxygens (including phenoxy) is 2. The standard InChI is InChI=1S/C20H19N3O5S/c1-12-4-6-16(23(25)26)9-17(12)22-20(24)14-5-7-18(19(8-14)27-3)28-10-15-11-29-13(2)21-15/h4-9,11H,10H2,1-3H3,(H,22,24). The first kappa shape index (κ1) is 20.3. The fraction of sp³-hybridized carbons (Fsp3) is 0.200. The predicted molar refractivity (Wildman–Crippen MR) is 110 cm³/mol. The average molecular weight is 413 g/mol. The number of aromatic nitrogens is 1. The number of carbonyl (C=O) groups is 1. The van der Waals surface area contributed by atoms with E-state index < -0.39 is 10.8 Å². The van der Waals surface area contributed by atoms with Crippen LogP contribution in [0.3, 0.4) is 0 Å². The van der Waals surface area contributed by atoms with E-state index in [4.69, 9.17) is 9.47 Å². The number of nitro benzene ring substituents is 1. The van der Waals surface area contributed by atoms with Crippen LogP contribution in [-0.4, -0.2) is 22.9 Å². The fourth-order valence-corrected chi connectivity index (χ4v) is 3.20. The molecule has 150 valence electrons. The number of hydrogen-bond donors (Lipinski definition) is 1. The molecule has 2 aromatic carbocycles. The van der Waals surface area contributed by atoms with Gasteiger partial charge in [-0.3, -0.25) is 14.9 Å². The van der Waals surface area contributed by atoms with Crippen LogP contribution in [0.15, 0.2) is 41.8 Å². The number of hydrogen-bond acceptors (Lipinski definition) is 7. The summed E-state index contributed by atoms with van der Waals surface area (Å²) < 4.78 is 11.1. The molecule has 0 bridgehead atoms. The molecule has 9 heteroatoms. The number of carbonyl (C=O) groups excluding carboxylic acids is 1. The lowest BCUT2D eigenvalue weighted by molar-refractivity contribution is -0.384. The second kappa shape index (κ2) is 8.70. The Labute approximate surface area is 171 Å². The molecule has 1 heterocycles. The van der Waals surface area contributed by atoms with E-state index in [1.807, 2.05) is 12.3 Å². The van der Waals surface area contributed by atoms with Gasteiger partial charge in [-0.2, -0.15) is 0 Å². The van der Waals surface area contributed by atoms with Crippen molar-refractivity contribution in [1.29, 1.82) is 0 Å². The Morgan fingerprint density at radius 3 is 2.66 bits per heavy atom. The molecule has 0 atom stereocenters. The summed E-state index contributed by atoms with van der Waals surface area (Å²) in [7, 11) is 1.49. The van der Waals surface area contributed by atoms with Crippen molar-refractivity contribution < 1.29 is 19.2 Å². The average Bonchev–Trinajstić information content (AvgIpc) is 3.12. The second-order valence-electron chi connectivity index (χ2n) is 6.22. The van der Waals surface area contributed by atoms with Gasteiger partial charge in [0.2, 0.25) is 0 Å². The topological polar surface area (TPSA) is 104 Å². The molecule has 0 aliphatic heterocycles.